The van der Waals surface area contributed by atoms with Crippen molar-refractivity contribution in [2.45, 2.75) is 72.3 Å². The third-order valence-corrected chi connectivity index (χ3v) is 3.08. The Morgan fingerprint density at radius 1 is 1.12 bits per heavy atom. The number of aromatic nitrogens is 2. The number of hydrogen-bond acceptors (Lipinski definition) is 2. The van der Waals surface area contributed by atoms with Crippen LogP contribution in [-0.2, 0) is 12.8 Å². The Morgan fingerprint density at radius 3 is 2.24 bits per heavy atom. The van der Waals surface area contributed by atoms with E-state index in [1.54, 1.807) is 0 Å². The predicted molar refractivity (Wildman–Crippen MR) is 71.5 cm³/mol. The van der Waals surface area contributed by atoms with E-state index in [9.17, 15) is 5.11 Å². The molecule has 1 aromatic rings. The van der Waals surface area contributed by atoms with Crippen molar-refractivity contribution in [2.75, 3.05) is 0 Å². The van der Waals surface area contributed by atoms with Gasteiger partial charge < -0.3 is 5.11 Å². The summed E-state index contributed by atoms with van der Waals surface area (Å²) in [4.78, 5) is 0. The molecule has 0 amide bonds. The number of rotatable bonds is 7. The van der Waals surface area contributed by atoms with Gasteiger partial charge in [0.1, 0.15) is 5.69 Å². The van der Waals surface area contributed by atoms with Gasteiger partial charge in [-0.05, 0) is 39.5 Å². The summed E-state index contributed by atoms with van der Waals surface area (Å²) in [5.74, 6) is 0.445. The smallest absolute Gasteiger partial charge is 0.160 e. The maximum Gasteiger partial charge on any atom is 0.160 e. The maximum atomic E-state index is 10.2. The summed E-state index contributed by atoms with van der Waals surface area (Å²) in [5, 5.41) is 14.8. The van der Waals surface area contributed by atoms with E-state index in [1.165, 1.54) is 0 Å². The van der Waals surface area contributed by atoms with Crippen LogP contribution in [0, 0.1) is 0 Å². The molecule has 0 aromatic carbocycles. The molecule has 0 unspecified atom stereocenters. The van der Waals surface area contributed by atoms with E-state index in [0.717, 1.165) is 49.9 Å². The second-order valence-corrected chi connectivity index (χ2v) is 4.99. The van der Waals surface area contributed by atoms with E-state index in [1.807, 2.05) is 4.68 Å². The second-order valence-electron chi connectivity index (χ2n) is 4.99. The molecule has 98 valence electrons. The monoisotopic (exact) mass is 238 g/mol. The Labute approximate surface area is 105 Å². The molecule has 0 aliphatic rings. The fraction of sp³-hybridized carbons (Fsp3) is 0.786. The normalized spacial score (nSPS) is 11.4. The summed E-state index contributed by atoms with van der Waals surface area (Å²) in [6.07, 6.45) is 6.31. The number of aromatic hydroxyl groups is 1. The first-order valence-corrected chi connectivity index (χ1v) is 6.91. The molecule has 1 aromatic heterocycles. The van der Waals surface area contributed by atoms with Gasteiger partial charge in [-0.25, -0.2) is 0 Å². The number of unbranched alkanes of at least 4 members (excludes halogenated alkanes) is 2. The minimum atomic E-state index is 0.322. The van der Waals surface area contributed by atoms with Crippen molar-refractivity contribution < 1.29 is 5.11 Å². The zero-order chi connectivity index (χ0) is 12.8. The Morgan fingerprint density at radius 2 is 1.71 bits per heavy atom. The van der Waals surface area contributed by atoms with Gasteiger partial charge in [0.2, 0.25) is 0 Å². The molecule has 0 spiro atoms. The third kappa shape index (κ3) is 3.48. The van der Waals surface area contributed by atoms with Crippen LogP contribution in [0.5, 0.6) is 5.75 Å². The molecule has 0 atom stereocenters. The van der Waals surface area contributed by atoms with Gasteiger partial charge in [-0.15, -0.1) is 0 Å². The summed E-state index contributed by atoms with van der Waals surface area (Å²) < 4.78 is 2.00. The number of aryl methyl sites for hydroxylation is 1. The van der Waals surface area contributed by atoms with Crippen LogP contribution < -0.4 is 0 Å². The average molecular weight is 238 g/mol. The van der Waals surface area contributed by atoms with Crippen LogP contribution >= 0.6 is 0 Å². The molecule has 0 bridgehead atoms. The van der Waals surface area contributed by atoms with Gasteiger partial charge in [-0.3, -0.25) is 4.68 Å². The molecular formula is C14H26N2O. The summed E-state index contributed by atoms with van der Waals surface area (Å²) >= 11 is 0. The minimum Gasteiger partial charge on any atom is -0.504 e. The standard InChI is InChI=1S/C14H26N2O/c1-5-7-9-12-14(17)13(10-8-6-2)16(15-12)11(3)4/h11,17H,5-10H2,1-4H3. The third-order valence-electron chi connectivity index (χ3n) is 3.08. The van der Waals surface area contributed by atoms with E-state index < -0.39 is 0 Å². The van der Waals surface area contributed by atoms with E-state index in [2.05, 4.69) is 32.8 Å². The van der Waals surface area contributed by atoms with Crippen molar-refractivity contribution in [1.29, 1.82) is 0 Å². The number of nitrogens with zero attached hydrogens (tertiary/aromatic N) is 2. The fourth-order valence-corrected chi connectivity index (χ4v) is 2.03. The van der Waals surface area contributed by atoms with Crippen LogP contribution in [-0.4, -0.2) is 14.9 Å². The molecule has 3 nitrogen and oxygen atoms in total. The molecule has 0 radical (unpaired) electrons. The van der Waals surface area contributed by atoms with E-state index in [-0.39, 0.29) is 0 Å². The fourth-order valence-electron chi connectivity index (χ4n) is 2.03. The van der Waals surface area contributed by atoms with Crippen molar-refractivity contribution in [1.82, 2.24) is 9.78 Å². The van der Waals surface area contributed by atoms with Crippen LogP contribution in [0.3, 0.4) is 0 Å². The van der Waals surface area contributed by atoms with Crippen molar-refractivity contribution in [3.05, 3.63) is 11.4 Å². The molecule has 1 heterocycles. The maximum absolute atomic E-state index is 10.2. The zero-order valence-electron chi connectivity index (χ0n) is 11.7. The van der Waals surface area contributed by atoms with Crippen molar-refractivity contribution in [3.63, 3.8) is 0 Å². The van der Waals surface area contributed by atoms with Crippen molar-refractivity contribution >= 4 is 0 Å². The van der Waals surface area contributed by atoms with Crippen LogP contribution in [0.1, 0.15) is 70.8 Å². The molecule has 0 aliphatic carbocycles. The Kier molecular flexibility index (Phi) is 5.52. The average Bonchev–Trinajstić information content (AvgIpc) is 2.61. The van der Waals surface area contributed by atoms with Gasteiger partial charge in [0.05, 0.1) is 5.69 Å². The van der Waals surface area contributed by atoms with Gasteiger partial charge in [-0.1, -0.05) is 26.7 Å². The molecule has 1 N–H and O–H groups in total. The molecule has 1 rings (SSSR count). The summed E-state index contributed by atoms with van der Waals surface area (Å²) in [6.45, 7) is 8.57. The minimum absolute atomic E-state index is 0.322. The molecular weight excluding hydrogens is 212 g/mol. The van der Waals surface area contributed by atoms with Crippen LogP contribution in [0.2, 0.25) is 0 Å². The first-order valence-electron chi connectivity index (χ1n) is 6.91. The Hall–Kier alpha value is -0.990. The van der Waals surface area contributed by atoms with E-state index in [4.69, 9.17) is 0 Å². The van der Waals surface area contributed by atoms with Gasteiger partial charge >= 0.3 is 0 Å². The lowest BCUT2D eigenvalue weighted by atomic mass is 10.1. The molecule has 0 saturated heterocycles. The van der Waals surface area contributed by atoms with Crippen LogP contribution in [0.15, 0.2) is 0 Å². The second kappa shape index (κ2) is 6.67. The van der Waals surface area contributed by atoms with Crippen LogP contribution in [0.4, 0.5) is 0 Å². The summed E-state index contributed by atoms with van der Waals surface area (Å²) in [5.41, 5.74) is 1.90. The summed E-state index contributed by atoms with van der Waals surface area (Å²) in [6, 6.07) is 0.322. The van der Waals surface area contributed by atoms with Gasteiger partial charge in [0.25, 0.3) is 0 Å². The Bertz CT molecular complexity index is 342. The predicted octanol–water partition coefficient (Wildman–Crippen LogP) is 3.85. The molecule has 3 heteroatoms. The van der Waals surface area contributed by atoms with Crippen molar-refractivity contribution in [3.8, 4) is 5.75 Å². The quantitative estimate of drug-likeness (QED) is 0.783. The lowest BCUT2D eigenvalue weighted by Gasteiger charge is -2.10. The Balaban J connectivity index is 2.93. The van der Waals surface area contributed by atoms with E-state index in [0.29, 0.717) is 11.8 Å². The zero-order valence-corrected chi connectivity index (χ0v) is 11.7. The lowest BCUT2D eigenvalue weighted by molar-refractivity contribution is 0.449. The van der Waals surface area contributed by atoms with E-state index >= 15 is 0 Å². The topological polar surface area (TPSA) is 38.0 Å². The number of hydrogen-bond donors (Lipinski definition) is 1. The molecule has 0 fully saturated rings. The van der Waals surface area contributed by atoms with Gasteiger partial charge in [0, 0.05) is 6.04 Å². The highest BCUT2D eigenvalue weighted by molar-refractivity contribution is 5.33. The SMILES string of the molecule is CCCCc1nn(C(C)C)c(CCCC)c1O. The van der Waals surface area contributed by atoms with Gasteiger partial charge in [0.15, 0.2) is 5.75 Å². The molecule has 0 saturated carbocycles. The first kappa shape index (κ1) is 14.1. The highest BCUT2D eigenvalue weighted by atomic mass is 16.3. The molecule has 17 heavy (non-hydrogen) atoms. The lowest BCUT2D eigenvalue weighted by Crippen LogP contribution is -2.07. The summed E-state index contributed by atoms with van der Waals surface area (Å²) in [7, 11) is 0. The first-order chi connectivity index (χ1) is 8.11. The molecule has 0 aliphatic heterocycles. The highest BCUT2D eigenvalue weighted by Crippen LogP contribution is 2.27. The van der Waals surface area contributed by atoms with Crippen molar-refractivity contribution in [2.24, 2.45) is 0 Å². The van der Waals surface area contributed by atoms with Gasteiger partial charge in [-0.2, -0.15) is 5.10 Å². The van der Waals surface area contributed by atoms with Crippen LogP contribution in [0.25, 0.3) is 0 Å². The largest absolute Gasteiger partial charge is 0.504 e. The highest BCUT2D eigenvalue weighted by Gasteiger charge is 2.17.